The molecule has 8 nitrogen and oxygen atoms in total. The zero-order chi connectivity index (χ0) is 22.7. The zero-order valence-electron chi connectivity index (χ0n) is 18.2. The van der Waals surface area contributed by atoms with Gasteiger partial charge < -0.3 is 14.2 Å². The fourth-order valence-electron chi connectivity index (χ4n) is 3.47. The topological polar surface area (TPSA) is 87.0 Å². The van der Waals surface area contributed by atoms with E-state index >= 15 is 0 Å². The van der Waals surface area contributed by atoms with Gasteiger partial charge in [-0.1, -0.05) is 49.0 Å². The van der Waals surface area contributed by atoms with E-state index in [2.05, 4.69) is 16.6 Å². The maximum atomic E-state index is 6.36. The third-order valence-electron chi connectivity index (χ3n) is 4.82. The van der Waals surface area contributed by atoms with Gasteiger partial charge in [-0.25, -0.2) is 19.9 Å². The van der Waals surface area contributed by atoms with E-state index in [0.29, 0.717) is 45.8 Å². The van der Waals surface area contributed by atoms with E-state index in [1.54, 1.807) is 14.2 Å². The monoisotopic (exact) mass is 470 g/mol. The molecule has 0 aliphatic rings. The second kappa shape index (κ2) is 9.62. The molecule has 3 aromatic heterocycles. The summed E-state index contributed by atoms with van der Waals surface area (Å²) in [7, 11) is 3.22. The number of methoxy groups -OCH3 is 2. The molecule has 1 N–H and O–H groups in total. The van der Waals surface area contributed by atoms with Crippen LogP contribution in [0.4, 0.5) is 5.82 Å². The van der Waals surface area contributed by atoms with E-state index in [1.807, 2.05) is 47.2 Å². The van der Waals surface area contributed by atoms with Gasteiger partial charge in [-0.05, 0) is 30.7 Å². The molecule has 0 saturated heterocycles. The van der Waals surface area contributed by atoms with Crippen LogP contribution in [0.3, 0.4) is 0 Å². The van der Waals surface area contributed by atoms with Crippen molar-refractivity contribution in [2.45, 2.75) is 19.8 Å². The quantitative estimate of drug-likeness (QED) is 0.352. The van der Waals surface area contributed by atoms with Gasteiger partial charge >= 0.3 is 0 Å². The number of nitrogens with zero attached hydrogens (tertiary/aromatic N) is 5. The molecule has 0 amide bonds. The summed E-state index contributed by atoms with van der Waals surface area (Å²) in [6.07, 6.45) is 3.75. The van der Waals surface area contributed by atoms with Crippen molar-refractivity contribution in [1.82, 2.24) is 24.5 Å². The van der Waals surface area contributed by atoms with Crippen molar-refractivity contribution in [2.75, 3.05) is 25.2 Å². The van der Waals surface area contributed by atoms with Crippen LogP contribution in [0.25, 0.3) is 28.5 Å². The standard InChI is InChI=1S/C22H23ClN6O2S/c1-5-8-13-9-6-10-14(24-13)21-27-20-22(26-19(28-32-4)18(23)25-20)29(21)17-15(30-2)11-7-12-16(17)31-3/h6-7,9-12H,5,8H2,1-4H3,(H,26,28). The number of rotatable bonds is 8. The minimum Gasteiger partial charge on any atom is -0.494 e. The van der Waals surface area contributed by atoms with E-state index in [-0.39, 0.29) is 5.15 Å². The van der Waals surface area contributed by atoms with Crippen LogP contribution in [0.2, 0.25) is 5.15 Å². The predicted octanol–water partition coefficient (Wildman–Crippen LogP) is 5.19. The third kappa shape index (κ3) is 4.05. The van der Waals surface area contributed by atoms with Crippen molar-refractivity contribution >= 4 is 40.7 Å². The number of aryl methyl sites for hydroxylation is 1. The van der Waals surface area contributed by atoms with Gasteiger partial charge in [0.25, 0.3) is 0 Å². The molecule has 10 heteroatoms. The highest BCUT2D eigenvalue weighted by Gasteiger charge is 2.24. The summed E-state index contributed by atoms with van der Waals surface area (Å²) in [6.45, 7) is 2.12. The molecule has 3 heterocycles. The van der Waals surface area contributed by atoms with Crippen LogP contribution >= 0.6 is 23.5 Å². The fourth-order valence-corrected chi connectivity index (χ4v) is 4.03. The number of hydrogen-bond acceptors (Lipinski definition) is 8. The number of benzene rings is 1. The van der Waals surface area contributed by atoms with Crippen molar-refractivity contribution in [3.8, 4) is 28.7 Å². The summed E-state index contributed by atoms with van der Waals surface area (Å²) >= 11 is 7.73. The van der Waals surface area contributed by atoms with E-state index in [4.69, 9.17) is 36.0 Å². The number of ether oxygens (including phenoxy) is 2. The first kappa shape index (κ1) is 22.2. The molecule has 0 atom stereocenters. The van der Waals surface area contributed by atoms with Crippen LogP contribution in [0.5, 0.6) is 11.5 Å². The first-order chi connectivity index (χ1) is 15.6. The number of fused-ring (bicyclic) bond motifs is 1. The van der Waals surface area contributed by atoms with Crippen molar-refractivity contribution in [3.05, 3.63) is 47.2 Å². The third-order valence-corrected chi connectivity index (χ3v) is 5.48. The molecular weight excluding hydrogens is 448 g/mol. The van der Waals surface area contributed by atoms with Gasteiger partial charge in [0, 0.05) is 11.9 Å². The Morgan fingerprint density at radius 3 is 2.38 bits per heavy atom. The molecular formula is C22H23ClN6O2S. The average molecular weight is 471 g/mol. The Morgan fingerprint density at radius 1 is 1.00 bits per heavy atom. The molecule has 1 aromatic carbocycles. The predicted molar refractivity (Wildman–Crippen MR) is 129 cm³/mol. The van der Waals surface area contributed by atoms with E-state index < -0.39 is 0 Å². The highest BCUT2D eigenvalue weighted by atomic mass is 35.5. The van der Waals surface area contributed by atoms with Gasteiger partial charge in [0.15, 0.2) is 28.1 Å². The number of hydrogen-bond donors (Lipinski definition) is 1. The molecule has 4 rings (SSSR count). The minimum absolute atomic E-state index is 0.239. The molecule has 32 heavy (non-hydrogen) atoms. The molecule has 0 bridgehead atoms. The van der Waals surface area contributed by atoms with Crippen molar-refractivity contribution in [1.29, 1.82) is 0 Å². The average Bonchev–Trinajstić information content (AvgIpc) is 3.17. The summed E-state index contributed by atoms with van der Waals surface area (Å²) in [6, 6.07) is 11.5. The molecule has 0 radical (unpaired) electrons. The van der Waals surface area contributed by atoms with Crippen LogP contribution in [0.15, 0.2) is 36.4 Å². The van der Waals surface area contributed by atoms with Crippen molar-refractivity contribution in [2.24, 2.45) is 0 Å². The molecule has 0 unspecified atom stereocenters. The summed E-state index contributed by atoms with van der Waals surface area (Å²) in [5.74, 6) is 2.22. The summed E-state index contributed by atoms with van der Waals surface area (Å²) in [5.41, 5.74) is 3.24. The number of halogens is 1. The normalized spacial score (nSPS) is 11.0. The maximum Gasteiger partial charge on any atom is 0.200 e. The van der Waals surface area contributed by atoms with Gasteiger partial charge in [-0.15, -0.1) is 0 Å². The van der Waals surface area contributed by atoms with Gasteiger partial charge in [0.05, 0.1) is 14.2 Å². The number of pyridine rings is 1. The lowest BCUT2D eigenvalue weighted by molar-refractivity contribution is 0.391. The molecule has 0 saturated carbocycles. The van der Waals surface area contributed by atoms with E-state index in [0.717, 1.165) is 18.5 Å². The van der Waals surface area contributed by atoms with Gasteiger partial charge in [0.2, 0.25) is 0 Å². The Labute approximate surface area is 195 Å². The number of para-hydroxylation sites is 1. The summed E-state index contributed by atoms with van der Waals surface area (Å²) in [4.78, 5) is 18.8. The van der Waals surface area contributed by atoms with E-state index in [9.17, 15) is 0 Å². The van der Waals surface area contributed by atoms with Crippen LogP contribution in [-0.2, 0) is 6.42 Å². The van der Waals surface area contributed by atoms with E-state index in [1.165, 1.54) is 11.9 Å². The molecule has 0 aliphatic carbocycles. The number of aromatic nitrogens is 5. The molecule has 0 fully saturated rings. The Balaban J connectivity index is 2.09. The Bertz CT molecular complexity index is 1240. The largest absolute Gasteiger partial charge is 0.494 e. The van der Waals surface area contributed by atoms with Crippen LogP contribution < -0.4 is 14.2 Å². The van der Waals surface area contributed by atoms with Gasteiger partial charge in [-0.3, -0.25) is 4.57 Å². The van der Waals surface area contributed by atoms with Crippen LogP contribution in [0, 0.1) is 0 Å². The molecule has 0 spiro atoms. The minimum atomic E-state index is 0.239. The second-order valence-corrected chi connectivity index (χ2v) is 7.83. The Kier molecular flexibility index (Phi) is 6.66. The maximum absolute atomic E-state index is 6.36. The fraction of sp³-hybridized carbons (Fsp3) is 0.273. The lowest BCUT2D eigenvalue weighted by atomic mass is 10.2. The highest BCUT2D eigenvalue weighted by Crippen LogP contribution is 2.38. The first-order valence-electron chi connectivity index (χ1n) is 10.0. The number of anilines is 1. The SMILES string of the molecule is CCCc1cccc(-c2nc3nc(Cl)c(NSC)nc3n2-c2c(OC)cccc2OC)n1. The Hall–Kier alpha value is -3.04. The lowest BCUT2D eigenvalue weighted by Gasteiger charge is -2.16. The number of nitrogens with one attached hydrogen (secondary N) is 1. The van der Waals surface area contributed by atoms with Gasteiger partial charge in [0.1, 0.15) is 22.9 Å². The van der Waals surface area contributed by atoms with Gasteiger partial charge in [-0.2, -0.15) is 0 Å². The lowest BCUT2D eigenvalue weighted by Crippen LogP contribution is -2.06. The summed E-state index contributed by atoms with van der Waals surface area (Å²) < 4.78 is 16.3. The van der Waals surface area contributed by atoms with Crippen molar-refractivity contribution in [3.63, 3.8) is 0 Å². The molecule has 0 aliphatic heterocycles. The summed E-state index contributed by atoms with van der Waals surface area (Å²) in [5, 5.41) is 0.239. The molecule has 166 valence electrons. The molecule has 4 aromatic rings. The van der Waals surface area contributed by atoms with Crippen molar-refractivity contribution < 1.29 is 9.47 Å². The van der Waals surface area contributed by atoms with Crippen LogP contribution in [-0.4, -0.2) is 45.0 Å². The smallest absolute Gasteiger partial charge is 0.200 e. The Morgan fingerprint density at radius 2 is 1.72 bits per heavy atom. The van der Waals surface area contributed by atoms with Crippen LogP contribution in [0.1, 0.15) is 19.0 Å². The number of imidazole rings is 1. The second-order valence-electron chi connectivity index (χ2n) is 6.86. The first-order valence-corrected chi connectivity index (χ1v) is 11.6. The highest BCUT2D eigenvalue weighted by molar-refractivity contribution is 7.99. The zero-order valence-corrected chi connectivity index (χ0v) is 19.8.